The lowest BCUT2D eigenvalue weighted by Crippen LogP contribution is -2.38. The molecule has 0 radical (unpaired) electrons. The van der Waals surface area contributed by atoms with Crippen molar-refractivity contribution in [1.29, 1.82) is 0 Å². The Balaban J connectivity index is 3.33. The van der Waals surface area contributed by atoms with Crippen LogP contribution in [-0.2, 0) is 0 Å². The number of aliphatic hydroxyl groups is 1. The fourth-order valence-corrected chi connectivity index (χ4v) is 2.70. The van der Waals surface area contributed by atoms with E-state index in [2.05, 4.69) is 39.8 Å². The quantitative estimate of drug-likeness (QED) is 0.307. The average molecular weight is 344 g/mol. The number of nitrogens with two attached hydrogens (primary N) is 1. The maximum absolute atomic E-state index is 9.33. The van der Waals surface area contributed by atoms with Crippen molar-refractivity contribution in [3.8, 4) is 0 Å². The lowest BCUT2D eigenvalue weighted by atomic mass is 10.1. The Morgan fingerprint density at radius 1 is 1.40 bits per heavy atom. The molecule has 0 unspecified atom stereocenters. The molecular formula is C14H22BrN3O2. The average Bonchev–Trinajstić information content (AvgIpc) is 2.46. The molecule has 1 rings (SSSR count). The van der Waals surface area contributed by atoms with Crippen molar-refractivity contribution in [2.24, 2.45) is 10.9 Å². The number of amidine groups is 1. The van der Waals surface area contributed by atoms with Gasteiger partial charge in [0.2, 0.25) is 0 Å². The Labute approximate surface area is 128 Å². The van der Waals surface area contributed by atoms with Gasteiger partial charge in [-0.1, -0.05) is 34.9 Å². The van der Waals surface area contributed by atoms with Crippen LogP contribution in [-0.4, -0.2) is 35.3 Å². The van der Waals surface area contributed by atoms with Crippen molar-refractivity contribution in [2.45, 2.75) is 32.7 Å². The zero-order chi connectivity index (χ0) is 15.1. The normalized spacial score (nSPS) is 11.9. The van der Waals surface area contributed by atoms with Crippen molar-refractivity contribution in [1.82, 2.24) is 0 Å². The molecule has 0 aromatic heterocycles. The molecule has 6 heteroatoms. The molecular weight excluding hydrogens is 322 g/mol. The molecule has 0 saturated carbocycles. The summed E-state index contributed by atoms with van der Waals surface area (Å²) in [5.41, 5.74) is 7.28. The SMILES string of the molecule is CCC(CC)N(CCO)c1cc(Br)ccc1/C(N)=N/O. The second-order valence-electron chi connectivity index (χ2n) is 4.53. The molecule has 1 aromatic carbocycles. The third-order valence-electron chi connectivity index (χ3n) is 3.38. The summed E-state index contributed by atoms with van der Waals surface area (Å²) in [6, 6.07) is 5.88. The monoisotopic (exact) mass is 343 g/mol. The third-order valence-corrected chi connectivity index (χ3v) is 3.87. The first-order chi connectivity index (χ1) is 9.58. The van der Waals surface area contributed by atoms with E-state index in [1.807, 2.05) is 12.1 Å². The van der Waals surface area contributed by atoms with Gasteiger partial charge < -0.3 is 20.9 Å². The van der Waals surface area contributed by atoms with Gasteiger partial charge in [-0.25, -0.2) is 0 Å². The summed E-state index contributed by atoms with van der Waals surface area (Å²) >= 11 is 3.45. The lowest BCUT2D eigenvalue weighted by Gasteiger charge is -2.33. The largest absolute Gasteiger partial charge is 0.409 e. The van der Waals surface area contributed by atoms with Crippen LogP contribution in [0.4, 0.5) is 5.69 Å². The Hall–Kier alpha value is -1.27. The first kappa shape index (κ1) is 16.8. The predicted molar refractivity (Wildman–Crippen MR) is 85.5 cm³/mol. The maximum atomic E-state index is 9.33. The van der Waals surface area contributed by atoms with E-state index in [9.17, 15) is 5.11 Å². The van der Waals surface area contributed by atoms with Crippen LogP contribution in [0.1, 0.15) is 32.3 Å². The van der Waals surface area contributed by atoms with Crippen LogP contribution >= 0.6 is 15.9 Å². The van der Waals surface area contributed by atoms with E-state index in [-0.39, 0.29) is 12.4 Å². The molecule has 0 fully saturated rings. The smallest absolute Gasteiger partial charge is 0.172 e. The lowest BCUT2D eigenvalue weighted by molar-refractivity contribution is 0.296. The third kappa shape index (κ3) is 3.86. The molecule has 0 spiro atoms. The molecule has 0 aliphatic carbocycles. The van der Waals surface area contributed by atoms with E-state index in [1.165, 1.54) is 0 Å². The predicted octanol–water partition coefficient (Wildman–Crippen LogP) is 2.53. The summed E-state index contributed by atoms with van der Waals surface area (Å²) in [4.78, 5) is 2.11. The number of anilines is 1. The number of hydrogen-bond acceptors (Lipinski definition) is 4. The number of oxime groups is 1. The molecule has 1 aromatic rings. The molecule has 5 nitrogen and oxygen atoms in total. The topological polar surface area (TPSA) is 82.1 Å². The number of nitrogens with zero attached hydrogens (tertiary/aromatic N) is 2. The summed E-state index contributed by atoms with van der Waals surface area (Å²) in [6.45, 7) is 4.78. The van der Waals surface area contributed by atoms with Crippen molar-refractivity contribution in [3.05, 3.63) is 28.2 Å². The Morgan fingerprint density at radius 2 is 2.05 bits per heavy atom. The van der Waals surface area contributed by atoms with Crippen molar-refractivity contribution in [3.63, 3.8) is 0 Å². The highest BCUT2D eigenvalue weighted by Crippen LogP contribution is 2.28. The molecule has 0 saturated heterocycles. The fraction of sp³-hybridized carbons (Fsp3) is 0.500. The number of aliphatic hydroxyl groups excluding tert-OH is 1. The Morgan fingerprint density at radius 3 is 2.55 bits per heavy atom. The Bertz CT molecular complexity index is 462. The van der Waals surface area contributed by atoms with E-state index < -0.39 is 0 Å². The minimum absolute atomic E-state index is 0.0542. The molecule has 0 bridgehead atoms. The second-order valence-corrected chi connectivity index (χ2v) is 5.45. The fourth-order valence-electron chi connectivity index (χ4n) is 2.35. The molecule has 0 aliphatic heterocycles. The van der Waals surface area contributed by atoms with Crippen LogP contribution in [0.15, 0.2) is 27.8 Å². The summed E-state index contributed by atoms with van der Waals surface area (Å²) in [5.74, 6) is 0.0707. The number of benzene rings is 1. The summed E-state index contributed by atoms with van der Waals surface area (Å²) in [7, 11) is 0. The summed E-state index contributed by atoms with van der Waals surface area (Å²) in [5, 5.41) is 21.4. The van der Waals surface area contributed by atoms with Crippen LogP contribution < -0.4 is 10.6 Å². The van der Waals surface area contributed by atoms with Crippen LogP contribution in [0, 0.1) is 0 Å². The van der Waals surface area contributed by atoms with E-state index >= 15 is 0 Å². The molecule has 112 valence electrons. The van der Waals surface area contributed by atoms with Gasteiger partial charge in [-0.15, -0.1) is 0 Å². The van der Waals surface area contributed by atoms with Crippen molar-refractivity contribution < 1.29 is 10.3 Å². The van der Waals surface area contributed by atoms with E-state index in [0.717, 1.165) is 23.0 Å². The molecule has 0 amide bonds. The van der Waals surface area contributed by atoms with Crippen LogP contribution in [0.5, 0.6) is 0 Å². The van der Waals surface area contributed by atoms with Gasteiger partial charge >= 0.3 is 0 Å². The maximum Gasteiger partial charge on any atom is 0.172 e. The zero-order valence-corrected chi connectivity index (χ0v) is 13.5. The van der Waals surface area contributed by atoms with Gasteiger partial charge in [0.05, 0.1) is 6.61 Å². The molecule has 20 heavy (non-hydrogen) atoms. The van der Waals surface area contributed by atoms with Crippen LogP contribution in [0.25, 0.3) is 0 Å². The molecule has 4 N–H and O–H groups in total. The van der Waals surface area contributed by atoms with E-state index in [0.29, 0.717) is 18.2 Å². The number of halogens is 1. The standard InChI is InChI=1S/C14H22BrN3O2/c1-3-11(4-2)18(7-8-19)13-9-10(15)5-6-12(13)14(16)17-20/h5-6,9,11,19-20H,3-4,7-8H2,1-2H3,(H2,16,17). The van der Waals surface area contributed by atoms with Crippen molar-refractivity contribution in [2.75, 3.05) is 18.1 Å². The highest BCUT2D eigenvalue weighted by atomic mass is 79.9. The van der Waals surface area contributed by atoms with Gasteiger partial charge in [0.15, 0.2) is 5.84 Å². The minimum Gasteiger partial charge on any atom is -0.409 e. The first-order valence-electron chi connectivity index (χ1n) is 6.73. The Kier molecular flexibility index (Phi) is 6.81. The number of hydrogen-bond donors (Lipinski definition) is 3. The van der Waals surface area contributed by atoms with Gasteiger partial charge in [0, 0.05) is 28.3 Å². The highest BCUT2D eigenvalue weighted by molar-refractivity contribution is 9.10. The zero-order valence-electron chi connectivity index (χ0n) is 11.9. The minimum atomic E-state index is 0.0542. The van der Waals surface area contributed by atoms with Crippen LogP contribution in [0.3, 0.4) is 0 Å². The number of rotatable bonds is 7. The molecule has 0 heterocycles. The first-order valence-corrected chi connectivity index (χ1v) is 7.53. The van der Waals surface area contributed by atoms with Crippen LogP contribution in [0.2, 0.25) is 0 Å². The summed E-state index contributed by atoms with van der Waals surface area (Å²) < 4.78 is 0.913. The van der Waals surface area contributed by atoms with Gasteiger partial charge in [0.25, 0.3) is 0 Å². The van der Waals surface area contributed by atoms with Crippen molar-refractivity contribution >= 4 is 27.5 Å². The van der Waals surface area contributed by atoms with Gasteiger partial charge in [-0.05, 0) is 31.0 Å². The van der Waals surface area contributed by atoms with Gasteiger partial charge in [-0.2, -0.15) is 0 Å². The highest BCUT2D eigenvalue weighted by Gasteiger charge is 2.20. The second kappa shape index (κ2) is 8.11. The summed E-state index contributed by atoms with van der Waals surface area (Å²) in [6.07, 6.45) is 1.91. The molecule has 0 aliphatic rings. The van der Waals surface area contributed by atoms with E-state index in [4.69, 9.17) is 10.9 Å². The van der Waals surface area contributed by atoms with E-state index in [1.54, 1.807) is 6.07 Å². The van der Waals surface area contributed by atoms with Gasteiger partial charge in [0.1, 0.15) is 0 Å². The van der Waals surface area contributed by atoms with Gasteiger partial charge in [-0.3, -0.25) is 0 Å². The molecule has 0 atom stereocenters.